The lowest BCUT2D eigenvalue weighted by molar-refractivity contribution is -0.126. The van der Waals surface area contributed by atoms with E-state index in [1.807, 2.05) is 23.1 Å². The molecule has 3 heterocycles. The van der Waals surface area contributed by atoms with Gasteiger partial charge in [0.2, 0.25) is 5.91 Å². The highest BCUT2D eigenvalue weighted by atomic mass is 32.2. The van der Waals surface area contributed by atoms with E-state index in [0.717, 1.165) is 19.5 Å². The molecule has 5 rings (SSSR count). The lowest BCUT2D eigenvalue weighted by Crippen LogP contribution is -2.48. The van der Waals surface area contributed by atoms with Gasteiger partial charge in [-0.3, -0.25) is 9.69 Å². The number of fused-ring (bicyclic) bond motifs is 1. The molecule has 3 aliphatic heterocycles. The van der Waals surface area contributed by atoms with Gasteiger partial charge in [0.1, 0.15) is 4.90 Å². The van der Waals surface area contributed by atoms with Crippen LogP contribution in [-0.2, 0) is 21.4 Å². The number of amides is 1. The summed E-state index contributed by atoms with van der Waals surface area (Å²) in [5.41, 5.74) is 1.98. The molecule has 0 spiro atoms. The number of carbonyl (C=O) groups excluding carboxylic acids is 1. The predicted molar refractivity (Wildman–Crippen MR) is 132 cm³/mol. The molecule has 0 saturated carbocycles. The van der Waals surface area contributed by atoms with E-state index in [-0.39, 0.29) is 16.7 Å². The number of hydrogen-bond acceptors (Lipinski definition) is 5. The summed E-state index contributed by atoms with van der Waals surface area (Å²) in [7, 11) is -3.62. The third-order valence-corrected chi connectivity index (χ3v) is 8.59. The molecule has 0 radical (unpaired) electrons. The van der Waals surface area contributed by atoms with E-state index in [0.29, 0.717) is 49.9 Å². The Bertz CT molecular complexity index is 1160. The second-order valence-electron chi connectivity index (χ2n) is 9.50. The van der Waals surface area contributed by atoms with Crippen molar-refractivity contribution in [2.45, 2.75) is 49.6 Å². The summed E-state index contributed by atoms with van der Waals surface area (Å²) in [5, 5.41) is 3.23. The number of carbonyl (C=O) groups is 1. The minimum Gasteiger partial charge on any atom is -0.355 e. The van der Waals surface area contributed by atoms with E-state index in [2.05, 4.69) is 38.9 Å². The number of sulfonamides is 1. The molecular weight excluding hydrogens is 448 g/mol. The molecule has 2 fully saturated rings. The summed E-state index contributed by atoms with van der Waals surface area (Å²) in [5.74, 6) is 0.593. The standard InChI is InChI=1S/C26H32N4O3S/c31-26(27-18-22-10-6-7-15-30(22)19-20-8-2-1-3-9-20)21-13-16-29(17-14-21)25-23-11-4-5-12-24(23)34(32,33)28-25/h1-5,8-9,11-12,21-22H,6-7,10,13-19H2,(H,27,31). The van der Waals surface area contributed by atoms with Crippen molar-refractivity contribution in [2.75, 3.05) is 26.2 Å². The Morgan fingerprint density at radius 1 is 0.941 bits per heavy atom. The van der Waals surface area contributed by atoms with Crippen LogP contribution in [0.1, 0.15) is 43.2 Å². The first-order chi connectivity index (χ1) is 16.5. The number of nitrogens with one attached hydrogen (secondary N) is 1. The SMILES string of the molecule is O=C(NCC1CCCCN1Cc1ccccc1)C1CCN(C2=NS(=O)(=O)c3ccccc32)CC1. The first-order valence-corrected chi connectivity index (χ1v) is 13.7. The summed E-state index contributed by atoms with van der Waals surface area (Å²) in [6.45, 7) is 3.94. The van der Waals surface area contributed by atoms with E-state index in [1.54, 1.807) is 12.1 Å². The quantitative estimate of drug-likeness (QED) is 0.712. The third-order valence-electron chi connectivity index (χ3n) is 7.27. The topological polar surface area (TPSA) is 82.1 Å². The second kappa shape index (κ2) is 9.88. The smallest absolute Gasteiger partial charge is 0.285 e. The maximum atomic E-state index is 13.0. The van der Waals surface area contributed by atoms with Crippen LogP contribution in [0.2, 0.25) is 0 Å². The molecule has 2 saturated heterocycles. The van der Waals surface area contributed by atoms with Crippen LogP contribution in [0.4, 0.5) is 0 Å². The molecule has 7 nitrogen and oxygen atoms in total. The molecule has 180 valence electrons. The fourth-order valence-corrected chi connectivity index (χ4v) is 6.58. The Kier molecular flexibility index (Phi) is 6.70. The van der Waals surface area contributed by atoms with Gasteiger partial charge in [0.05, 0.1) is 0 Å². The summed E-state index contributed by atoms with van der Waals surface area (Å²) < 4.78 is 28.8. The number of amidine groups is 1. The van der Waals surface area contributed by atoms with Crippen LogP contribution in [0.3, 0.4) is 0 Å². The average molecular weight is 481 g/mol. The maximum absolute atomic E-state index is 13.0. The summed E-state index contributed by atoms with van der Waals surface area (Å²) >= 11 is 0. The second-order valence-corrected chi connectivity index (χ2v) is 11.1. The molecular formula is C26H32N4O3S. The van der Waals surface area contributed by atoms with Crippen molar-refractivity contribution in [3.8, 4) is 0 Å². The van der Waals surface area contributed by atoms with Gasteiger partial charge in [-0.15, -0.1) is 4.40 Å². The van der Waals surface area contributed by atoms with Crippen molar-refractivity contribution in [3.05, 3.63) is 65.7 Å². The van der Waals surface area contributed by atoms with Gasteiger partial charge in [0, 0.05) is 43.7 Å². The lowest BCUT2D eigenvalue weighted by Gasteiger charge is -2.37. The highest BCUT2D eigenvalue weighted by Gasteiger charge is 2.34. The van der Waals surface area contributed by atoms with Crippen LogP contribution < -0.4 is 5.32 Å². The van der Waals surface area contributed by atoms with Crippen LogP contribution in [0.25, 0.3) is 0 Å². The number of piperidine rings is 2. The van der Waals surface area contributed by atoms with Crippen LogP contribution >= 0.6 is 0 Å². The Balaban J connectivity index is 1.14. The number of hydrogen-bond donors (Lipinski definition) is 1. The zero-order chi connectivity index (χ0) is 23.5. The first kappa shape index (κ1) is 23.1. The Morgan fingerprint density at radius 2 is 1.68 bits per heavy atom. The van der Waals surface area contributed by atoms with Gasteiger partial charge in [-0.25, -0.2) is 0 Å². The highest BCUT2D eigenvalue weighted by Crippen LogP contribution is 2.29. The van der Waals surface area contributed by atoms with Crippen molar-refractivity contribution in [1.82, 2.24) is 15.1 Å². The lowest BCUT2D eigenvalue weighted by atomic mass is 9.94. The molecule has 8 heteroatoms. The monoisotopic (exact) mass is 480 g/mol. The van der Waals surface area contributed by atoms with Crippen LogP contribution in [0.5, 0.6) is 0 Å². The molecule has 2 aromatic carbocycles. The van der Waals surface area contributed by atoms with E-state index in [9.17, 15) is 13.2 Å². The normalized spacial score (nSPS) is 22.8. The van der Waals surface area contributed by atoms with Crippen LogP contribution in [-0.4, -0.2) is 62.2 Å². The molecule has 0 bridgehead atoms. The Labute approximate surface area is 201 Å². The van der Waals surface area contributed by atoms with E-state index >= 15 is 0 Å². The van der Waals surface area contributed by atoms with Gasteiger partial charge in [0.15, 0.2) is 5.84 Å². The molecule has 0 aliphatic carbocycles. The van der Waals surface area contributed by atoms with Gasteiger partial charge in [0.25, 0.3) is 10.0 Å². The number of nitrogens with zero attached hydrogens (tertiary/aromatic N) is 3. The summed E-state index contributed by atoms with van der Waals surface area (Å²) in [6.07, 6.45) is 4.92. The minimum atomic E-state index is -3.62. The van der Waals surface area contributed by atoms with Gasteiger partial charge in [-0.1, -0.05) is 48.9 Å². The van der Waals surface area contributed by atoms with Crippen LogP contribution in [0.15, 0.2) is 63.9 Å². The Hall–Kier alpha value is -2.71. The Morgan fingerprint density at radius 3 is 2.47 bits per heavy atom. The zero-order valence-electron chi connectivity index (χ0n) is 19.4. The predicted octanol–water partition coefficient (Wildman–Crippen LogP) is 3.02. The minimum absolute atomic E-state index is 0.0451. The molecule has 1 atom stereocenters. The molecule has 1 N–H and O–H groups in total. The highest BCUT2D eigenvalue weighted by molar-refractivity contribution is 7.90. The molecule has 1 unspecified atom stereocenters. The summed E-state index contributed by atoms with van der Waals surface area (Å²) in [6, 6.07) is 17.9. The van der Waals surface area contributed by atoms with E-state index in [1.165, 1.54) is 18.4 Å². The van der Waals surface area contributed by atoms with Crippen molar-refractivity contribution in [3.63, 3.8) is 0 Å². The van der Waals surface area contributed by atoms with Crippen LogP contribution in [0, 0.1) is 5.92 Å². The number of benzene rings is 2. The third kappa shape index (κ3) is 4.88. The van der Waals surface area contributed by atoms with Gasteiger partial charge < -0.3 is 10.2 Å². The zero-order valence-corrected chi connectivity index (χ0v) is 20.2. The summed E-state index contributed by atoms with van der Waals surface area (Å²) in [4.78, 5) is 17.7. The van der Waals surface area contributed by atoms with Crippen molar-refractivity contribution in [2.24, 2.45) is 10.3 Å². The molecule has 0 aromatic heterocycles. The largest absolute Gasteiger partial charge is 0.355 e. The van der Waals surface area contributed by atoms with Crippen molar-refractivity contribution < 1.29 is 13.2 Å². The van der Waals surface area contributed by atoms with E-state index < -0.39 is 10.0 Å². The van der Waals surface area contributed by atoms with Gasteiger partial charge in [-0.2, -0.15) is 8.42 Å². The molecule has 34 heavy (non-hydrogen) atoms. The van der Waals surface area contributed by atoms with Crippen molar-refractivity contribution >= 4 is 21.8 Å². The fraction of sp³-hybridized carbons (Fsp3) is 0.462. The first-order valence-electron chi connectivity index (χ1n) is 12.3. The van der Waals surface area contributed by atoms with E-state index in [4.69, 9.17) is 0 Å². The number of rotatable bonds is 5. The molecule has 3 aliphatic rings. The fourth-order valence-electron chi connectivity index (χ4n) is 5.35. The van der Waals surface area contributed by atoms with Crippen molar-refractivity contribution in [1.29, 1.82) is 0 Å². The van der Waals surface area contributed by atoms with Gasteiger partial charge >= 0.3 is 0 Å². The average Bonchev–Trinajstić information content (AvgIpc) is 3.15. The number of likely N-dealkylation sites (tertiary alicyclic amines) is 2. The van der Waals surface area contributed by atoms with Gasteiger partial charge in [-0.05, 0) is 49.9 Å². The maximum Gasteiger partial charge on any atom is 0.285 e. The molecule has 2 aromatic rings. The molecule has 1 amide bonds.